The van der Waals surface area contributed by atoms with Crippen molar-refractivity contribution in [3.05, 3.63) is 40.4 Å². The maximum atomic E-state index is 9.74. The van der Waals surface area contributed by atoms with Gasteiger partial charge in [-0.05, 0) is 31.0 Å². The lowest BCUT2D eigenvalue weighted by molar-refractivity contribution is 0.0337. The lowest BCUT2D eigenvalue weighted by Gasteiger charge is -2.25. The van der Waals surface area contributed by atoms with E-state index >= 15 is 0 Å². The maximum absolute atomic E-state index is 9.74. The summed E-state index contributed by atoms with van der Waals surface area (Å²) in [5.74, 6) is 0.290. The molecule has 0 bridgehead atoms. The van der Waals surface area contributed by atoms with E-state index in [4.69, 9.17) is 4.74 Å². The summed E-state index contributed by atoms with van der Waals surface area (Å²) in [6, 6.07) is 5.40. The van der Waals surface area contributed by atoms with Gasteiger partial charge in [0.25, 0.3) is 0 Å². The third-order valence-corrected chi connectivity index (χ3v) is 3.08. The van der Waals surface area contributed by atoms with Gasteiger partial charge in [0.15, 0.2) is 0 Å². The Labute approximate surface area is 97.7 Å². The third kappa shape index (κ3) is 2.41. The molecular formula is C12H13BrO2. The quantitative estimate of drug-likeness (QED) is 0.790. The van der Waals surface area contributed by atoms with Crippen LogP contribution in [0.1, 0.15) is 24.5 Å². The number of hydrogen-bond acceptors (Lipinski definition) is 2. The highest BCUT2D eigenvalue weighted by Gasteiger charge is 2.21. The van der Waals surface area contributed by atoms with Gasteiger partial charge in [0.1, 0.15) is 5.75 Å². The molecule has 15 heavy (non-hydrogen) atoms. The van der Waals surface area contributed by atoms with E-state index < -0.39 is 0 Å². The summed E-state index contributed by atoms with van der Waals surface area (Å²) in [7, 11) is 0. The molecule has 1 aromatic carbocycles. The molecule has 1 heterocycles. The van der Waals surface area contributed by atoms with Crippen LogP contribution in [0.25, 0.3) is 0 Å². The van der Waals surface area contributed by atoms with Crippen LogP contribution in [0.5, 0.6) is 5.75 Å². The molecule has 1 N–H and O–H groups in total. The molecule has 0 aliphatic carbocycles. The zero-order chi connectivity index (χ0) is 10.8. The molecule has 1 atom stereocenters. The summed E-state index contributed by atoms with van der Waals surface area (Å²) in [6.45, 7) is 4.66. The summed E-state index contributed by atoms with van der Waals surface area (Å²) in [5.41, 5.74) is 2.02. The number of halogens is 1. The van der Waals surface area contributed by atoms with Crippen LogP contribution in [0.2, 0.25) is 0 Å². The second kappa shape index (κ2) is 4.37. The van der Waals surface area contributed by atoms with Crippen molar-refractivity contribution in [1.82, 2.24) is 0 Å². The van der Waals surface area contributed by atoms with Crippen molar-refractivity contribution in [2.45, 2.75) is 18.9 Å². The minimum absolute atomic E-state index is 0.0521. The first-order valence-electron chi connectivity index (χ1n) is 4.93. The topological polar surface area (TPSA) is 29.5 Å². The molecular weight excluding hydrogens is 256 g/mol. The van der Waals surface area contributed by atoms with Crippen LogP contribution in [0.15, 0.2) is 34.8 Å². The van der Waals surface area contributed by atoms with Gasteiger partial charge in [-0.1, -0.05) is 28.1 Å². The van der Waals surface area contributed by atoms with Gasteiger partial charge in [-0.15, -0.1) is 0 Å². The van der Waals surface area contributed by atoms with Gasteiger partial charge in [-0.3, -0.25) is 0 Å². The van der Waals surface area contributed by atoms with Crippen LogP contribution in [0.4, 0.5) is 0 Å². The average molecular weight is 269 g/mol. The lowest BCUT2D eigenvalue weighted by atomic mass is 9.97. The van der Waals surface area contributed by atoms with E-state index in [0.29, 0.717) is 6.61 Å². The number of ether oxygens (including phenoxy) is 1. The predicted molar refractivity (Wildman–Crippen MR) is 62.9 cm³/mol. The van der Waals surface area contributed by atoms with Crippen molar-refractivity contribution in [3.8, 4) is 5.75 Å². The van der Waals surface area contributed by atoms with E-state index in [1.165, 1.54) is 5.57 Å². The van der Waals surface area contributed by atoms with Crippen LogP contribution < -0.4 is 0 Å². The van der Waals surface area contributed by atoms with Crippen LogP contribution in [0.3, 0.4) is 0 Å². The lowest BCUT2D eigenvalue weighted by Crippen LogP contribution is -2.13. The van der Waals surface area contributed by atoms with Crippen molar-refractivity contribution < 1.29 is 9.84 Å². The molecule has 0 saturated carbocycles. The first-order chi connectivity index (χ1) is 7.16. The number of rotatable bonds is 1. The Morgan fingerprint density at radius 1 is 1.47 bits per heavy atom. The van der Waals surface area contributed by atoms with Crippen LogP contribution >= 0.6 is 15.9 Å². The third-order valence-electron chi connectivity index (χ3n) is 2.59. The monoisotopic (exact) mass is 268 g/mol. The molecule has 80 valence electrons. The van der Waals surface area contributed by atoms with Crippen molar-refractivity contribution in [3.63, 3.8) is 0 Å². The molecule has 1 aliphatic heterocycles. The highest BCUT2D eigenvalue weighted by atomic mass is 79.9. The number of hydrogen-bond donors (Lipinski definition) is 1. The maximum Gasteiger partial charge on any atom is 0.121 e. The zero-order valence-electron chi connectivity index (χ0n) is 8.37. The largest absolute Gasteiger partial charge is 0.508 e. The van der Waals surface area contributed by atoms with Gasteiger partial charge in [0.05, 0.1) is 12.7 Å². The molecule has 2 rings (SSSR count). The smallest absolute Gasteiger partial charge is 0.121 e. The Morgan fingerprint density at radius 2 is 2.27 bits per heavy atom. The van der Waals surface area contributed by atoms with E-state index in [1.807, 2.05) is 12.1 Å². The van der Waals surface area contributed by atoms with Crippen LogP contribution in [0, 0.1) is 0 Å². The van der Waals surface area contributed by atoms with Crippen LogP contribution in [-0.2, 0) is 4.74 Å². The molecule has 1 saturated heterocycles. The summed E-state index contributed by atoms with van der Waals surface area (Å²) >= 11 is 3.39. The second-order valence-corrected chi connectivity index (χ2v) is 4.68. The molecule has 1 aromatic rings. The molecule has 1 fully saturated rings. The minimum atomic E-state index is -0.0521. The van der Waals surface area contributed by atoms with Gasteiger partial charge in [0.2, 0.25) is 0 Å². The number of phenolic OH excluding ortho intramolecular Hbond substituents is 1. The van der Waals surface area contributed by atoms with Crippen molar-refractivity contribution in [2.75, 3.05) is 6.61 Å². The molecule has 0 amide bonds. The fraction of sp³-hybridized carbons (Fsp3) is 0.333. The summed E-state index contributed by atoms with van der Waals surface area (Å²) in [6.07, 6.45) is 1.67. The highest BCUT2D eigenvalue weighted by Crippen LogP contribution is 2.36. The molecule has 0 radical (unpaired) electrons. The summed E-state index contributed by atoms with van der Waals surface area (Å²) < 4.78 is 6.58. The summed E-state index contributed by atoms with van der Waals surface area (Å²) in [5, 5.41) is 9.74. The Hall–Kier alpha value is -0.800. The first-order valence-corrected chi connectivity index (χ1v) is 5.73. The van der Waals surface area contributed by atoms with Crippen molar-refractivity contribution in [1.29, 1.82) is 0 Å². The molecule has 0 aromatic heterocycles. The Morgan fingerprint density at radius 3 is 3.00 bits per heavy atom. The zero-order valence-corrected chi connectivity index (χ0v) is 9.96. The Kier molecular flexibility index (Phi) is 3.12. The first kappa shape index (κ1) is 10.7. The number of aromatic hydroxyl groups is 1. The highest BCUT2D eigenvalue weighted by molar-refractivity contribution is 9.10. The number of benzene rings is 1. The SMILES string of the molecule is C=C1CCO[C@@H](c2cc(Br)ccc2O)C1. The van der Waals surface area contributed by atoms with E-state index in [2.05, 4.69) is 22.5 Å². The Balaban J connectivity index is 2.27. The predicted octanol–water partition coefficient (Wildman–Crippen LogP) is 3.56. The standard InChI is InChI=1S/C12H13BrO2/c1-8-4-5-15-12(6-8)10-7-9(13)2-3-11(10)14/h2-3,7,12,14H,1,4-6H2/t12-/m1/s1. The van der Waals surface area contributed by atoms with E-state index in [-0.39, 0.29) is 11.9 Å². The fourth-order valence-electron chi connectivity index (χ4n) is 1.75. The Bertz CT molecular complexity index is 387. The minimum Gasteiger partial charge on any atom is -0.508 e. The molecule has 0 spiro atoms. The normalized spacial score (nSPS) is 21.7. The molecule has 3 heteroatoms. The molecule has 1 aliphatic rings. The van der Waals surface area contributed by atoms with Gasteiger partial charge in [-0.25, -0.2) is 0 Å². The van der Waals surface area contributed by atoms with Gasteiger partial charge in [0, 0.05) is 10.0 Å². The number of phenols is 1. The second-order valence-electron chi connectivity index (χ2n) is 3.77. The molecule has 2 nitrogen and oxygen atoms in total. The van der Waals surface area contributed by atoms with E-state index in [0.717, 1.165) is 22.9 Å². The van der Waals surface area contributed by atoms with E-state index in [9.17, 15) is 5.11 Å². The van der Waals surface area contributed by atoms with Crippen LogP contribution in [-0.4, -0.2) is 11.7 Å². The molecule has 0 unspecified atom stereocenters. The average Bonchev–Trinajstić information content (AvgIpc) is 2.22. The van der Waals surface area contributed by atoms with Crippen molar-refractivity contribution in [2.24, 2.45) is 0 Å². The van der Waals surface area contributed by atoms with Crippen molar-refractivity contribution >= 4 is 15.9 Å². The summed E-state index contributed by atoms with van der Waals surface area (Å²) in [4.78, 5) is 0. The fourth-order valence-corrected chi connectivity index (χ4v) is 2.13. The van der Waals surface area contributed by atoms with E-state index in [1.54, 1.807) is 6.07 Å². The van der Waals surface area contributed by atoms with Gasteiger partial charge < -0.3 is 9.84 Å². The van der Waals surface area contributed by atoms with Gasteiger partial charge >= 0.3 is 0 Å². The van der Waals surface area contributed by atoms with Gasteiger partial charge in [-0.2, -0.15) is 0 Å².